The SMILES string of the molecule is Cc1ccc(CN2CC[C@@H](CNC(=O)c3c(C)oc4ncn(C)c(=O)c34)C2)cc1. The van der Waals surface area contributed by atoms with Crippen molar-refractivity contribution in [1.82, 2.24) is 19.8 Å². The van der Waals surface area contributed by atoms with Gasteiger partial charge in [-0.1, -0.05) is 29.8 Å². The highest BCUT2D eigenvalue weighted by Crippen LogP contribution is 2.22. The van der Waals surface area contributed by atoms with Crippen LogP contribution in [0.5, 0.6) is 0 Å². The Bertz CT molecular complexity index is 1100. The molecule has 1 saturated heterocycles. The molecule has 1 fully saturated rings. The molecule has 1 amide bonds. The van der Waals surface area contributed by atoms with Crippen LogP contribution in [0.2, 0.25) is 0 Å². The van der Waals surface area contributed by atoms with Gasteiger partial charge in [-0.15, -0.1) is 0 Å². The van der Waals surface area contributed by atoms with E-state index in [9.17, 15) is 9.59 Å². The number of aromatic nitrogens is 2. The molecule has 0 saturated carbocycles. The van der Waals surface area contributed by atoms with Gasteiger partial charge in [0, 0.05) is 26.7 Å². The maximum atomic E-state index is 12.8. The number of aryl methyl sites for hydroxylation is 3. The van der Waals surface area contributed by atoms with Gasteiger partial charge in [-0.2, -0.15) is 0 Å². The first-order valence-electron chi connectivity index (χ1n) is 9.93. The summed E-state index contributed by atoms with van der Waals surface area (Å²) in [6, 6.07) is 8.62. The summed E-state index contributed by atoms with van der Waals surface area (Å²) in [5.74, 6) is 0.535. The molecule has 7 nitrogen and oxygen atoms in total. The molecule has 0 unspecified atom stereocenters. The summed E-state index contributed by atoms with van der Waals surface area (Å²) >= 11 is 0. The third-order valence-corrected chi connectivity index (χ3v) is 5.62. The fourth-order valence-electron chi connectivity index (χ4n) is 3.96. The van der Waals surface area contributed by atoms with Crippen molar-refractivity contribution in [2.75, 3.05) is 19.6 Å². The summed E-state index contributed by atoms with van der Waals surface area (Å²) < 4.78 is 6.88. The van der Waals surface area contributed by atoms with Crippen molar-refractivity contribution in [3.63, 3.8) is 0 Å². The normalized spacial score (nSPS) is 17.1. The summed E-state index contributed by atoms with van der Waals surface area (Å²) in [7, 11) is 1.61. The molecule has 1 aliphatic rings. The quantitative estimate of drug-likeness (QED) is 0.719. The zero-order valence-electron chi connectivity index (χ0n) is 17.1. The molecule has 3 aromatic rings. The van der Waals surface area contributed by atoms with Gasteiger partial charge in [-0.3, -0.25) is 14.5 Å². The number of benzene rings is 1. The molecule has 0 spiro atoms. The molecule has 0 aliphatic carbocycles. The van der Waals surface area contributed by atoms with Gasteiger partial charge in [0.05, 0.1) is 5.56 Å². The van der Waals surface area contributed by atoms with Crippen LogP contribution in [0.15, 0.2) is 39.8 Å². The van der Waals surface area contributed by atoms with Crippen molar-refractivity contribution >= 4 is 17.0 Å². The second-order valence-corrected chi connectivity index (χ2v) is 7.96. The third kappa shape index (κ3) is 3.96. The molecule has 0 radical (unpaired) electrons. The molecule has 3 heterocycles. The van der Waals surface area contributed by atoms with Gasteiger partial charge in [-0.25, -0.2) is 4.98 Å². The number of furan rings is 1. The molecule has 1 N–H and O–H groups in total. The Balaban J connectivity index is 1.39. The summed E-state index contributed by atoms with van der Waals surface area (Å²) in [5, 5.41) is 3.24. The smallest absolute Gasteiger partial charge is 0.265 e. The second-order valence-electron chi connectivity index (χ2n) is 7.96. The van der Waals surface area contributed by atoms with Gasteiger partial charge >= 0.3 is 0 Å². The minimum atomic E-state index is -0.276. The topological polar surface area (TPSA) is 80.4 Å². The first kappa shape index (κ1) is 19.4. The summed E-state index contributed by atoms with van der Waals surface area (Å²) in [5.41, 5.74) is 2.80. The molecule has 1 aliphatic heterocycles. The average molecular weight is 394 g/mol. The number of hydrogen-bond acceptors (Lipinski definition) is 5. The molecule has 1 atom stereocenters. The average Bonchev–Trinajstić information content (AvgIpc) is 3.28. The second kappa shape index (κ2) is 7.83. The van der Waals surface area contributed by atoms with Crippen LogP contribution in [0.4, 0.5) is 0 Å². The first-order chi connectivity index (χ1) is 13.9. The lowest BCUT2D eigenvalue weighted by Gasteiger charge is -2.16. The monoisotopic (exact) mass is 394 g/mol. The van der Waals surface area contributed by atoms with Crippen molar-refractivity contribution in [2.45, 2.75) is 26.8 Å². The Morgan fingerprint density at radius 3 is 2.79 bits per heavy atom. The van der Waals surface area contributed by atoms with E-state index in [0.717, 1.165) is 26.1 Å². The fourth-order valence-corrected chi connectivity index (χ4v) is 3.96. The van der Waals surface area contributed by atoms with Crippen molar-refractivity contribution < 1.29 is 9.21 Å². The molecule has 2 aromatic heterocycles. The molecule has 7 heteroatoms. The summed E-state index contributed by atoms with van der Waals surface area (Å²) in [4.78, 5) is 31.8. The van der Waals surface area contributed by atoms with E-state index in [1.165, 1.54) is 22.0 Å². The van der Waals surface area contributed by atoms with Crippen LogP contribution in [0.25, 0.3) is 11.1 Å². The van der Waals surface area contributed by atoms with E-state index in [2.05, 4.69) is 46.4 Å². The van der Waals surface area contributed by atoms with Crippen LogP contribution in [0.3, 0.4) is 0 Å². The Kier molecular flexibility index (Phi) is 5.24. The van der Waals surface area contributed by atoms with E-state index >= 15 is 0 Å². The lowest BCUT2D eigenvalue weighted by atomic mass is 10.1. The molecule has 1 aromatic carbocycles. The van der Waals surface area contributed by atoms with Gasteiger partial charge in [0.15, 0.2) is 0 Å². The lowest BCUT2D eigenvalue weighted by molar-refractivity contribution is 0.0947. The molecule has 29 heavy (non-hydrogen) atoms. The third-order valence-electron chi connectivity index (χ3n) is 5.62. The Hall–Kier alpha value is -2.93. The first-order valence-corrected chi connectivity index (χ1v) is 9.93. The highest BCUT2D eigenvalue weighted by atomic mass is 16.3. The van der Waals surface area contributed by atoms with Crippen LogP contribution >= 0.6 is 0 Å². The van der Waals surface area contributed by atoms with Crippen LogP contribution in [-0.2, 0) is 13.6 Å². The van der Waals surface area contributed by atoms with E-state index in [0.29, 0.717) is 23.8 Å². The summed E-state index contributed by atoms with van der Waals surface area (Å²) in [6.45, 7) is 7.26. The van der Waals surface area contributed by atoms with E-state index in [1.54, 1.807) is 14.0 Å². The van der Waals surface area contributed by atoms with E-state index < -0.39 is 0 Å². The highest BCUT2D eigenvalue weighted by molar-refractivity contribution is 6.06. The maximum Gasteiger partial charge on any atom is 0.265 e. The Morgan fingerprint density at radius 2 is 2.03 bits per heavy atom. The van der Waals surface area contributed by atoms with Gasteiger partial charge in [0.2, 0.25) is 5.71 Å². The number of rotatable bonds is 5. The largest absolute Gasteiger partial charge is 0.442 e. The standard InChI is InChI=1S/C22H26N4O3/c1-14-4-6-16(7-5-14)11-26-9-8-17(12-26)10-23-20(27)18-15(2)29-21-19(18)22(28)25(3)13-24-21/h4-7,13,17H,8-12H2,1-3H3,(H,23,27)/t17-/m0/s1. The predicted molar refractivity (Wildman–Crippen MR) is 111 cm³/mol. The van der Waals surface area contributed by atoms with Crippen molar-refractivity contribution in [2.24, 2.45) is 13.0 Å². The van der Waals surface area contributed by atoms with E-state index in [4.69, 9.17) is 4.42 Å². The zero-order chi connectivity index (χ0) is 20.5. The number of nitrogens with zero attached hydrogens (tertiary/aromatic N) is 3. The van der Waals surface area contributed by atoms with E-state index in [1.807, 2.05) is 0 Å². The van der Waals surface area contributed by atoms with Crippen molar-refractivity contribution in [3.8, 4) is 0 Å². The lowest BCUT2D eigenvalue weighted by Crippen LogP contribution is -2.32. The van der Waals surface area contributed by atoms with Crippen molar-refractivity contribution in [3.05, 3.63) is 63.4 Å². The minimum Gasteiger partial charge on any atom is -0.442 e. The minimum absolute atomic E-state index is 0.209. The maximum absolute atomic E-state index is 12.8. The molecule has 4 rings (SSSR count). The molecular weight excluding hydrogens is 368 g/mol. The molecule has 152 valence electrons. The van der Waals surface area contributed by atoms with Crippen LogP contribution in [0.1, 0.15) is 33.7 Å². The molecule has 0 bridgehead atoms. The highest BCUT2D eigenvalue weighted by Gasteiger charge is 2.26. The van der Waals surface area contributed by atoms with Crippen LogP contribution < -0.4 is 10.9 Å². The van der Waals surface area contributed by atoms with Gasteiger partial charge in [0.25, 0.3) is 11.5 Å². The predicted octanol–water partition coefficient (Wildman–Crippen LogP) is 2.40. The summed E-state index contributed by atoms with van der Waals surface area (Å²) in [6.07, 6.45) is 2.44. The number of carbonyl (C=O) groups is 1. The number of carbonyl (C=O) groups excluding carboxylic acids is 1. The van der Waals surface area contributed by atoms with Crippen LogP contribution in [-0.4, -0.2) is 40.0 Å². The van der Waals surface area contributed by atoms with Crippen LogP contribution in [0, 0.1) is 19.8 Å². The van der Waals surface area contributed by atoms with Gasteiger partial charge < -0.3 is 14.3 Å². The number of hydrogen-bond donors (Lipinski definition) is 1. The molecular formula is C22H26N4O3. The Labute approximate surface area is 169 Å². The number of nitrogens with one attached hydrogen (secondary N) is 1. The number of fused-ring (bicyclic) bond motifs is 1. The number of likely N-dealkylation sites (tertiary alicyclic amines) is 1. The number of amides is 1. The van der Waals surface area contributed by atoms with Gasteiger partial charge in [0.1, 0.15) is 17.5 Å². The van der Waals surface area contributed by atoms with E-state index in [-0.39, 0.29) is 22.6 Å². The Morgan fingerprint density at radius 1 is 1.28 bits per heavy atom. The fraction of sp³-hybridized carbons (Fsp3) is 0.409. The van der Waals surface area contributed by atoms with Crippen molar-refractivity contribution in [1.29, 1.82) is 0 Å². The van der Waals surface area contributed by atoms with Gasteiger partial charge in [-0.05, 0) is 38.3 Å². The zero-order valence-corrected chi connectivity index (χ0v) is 17.1.